The highest BCUT2D eigenvalue weighted by Crippen LogP contribution is 2.19. The lowest BCUT2D eigenvalue weighted by Crippen LogP contribution is -2.15. The van der Waals surface area contributed by atoms with E-state index in [9.17, 15) is 9.18 Å². The summed E-state index contributed by atoms with van der Waals surface area (Å²) in [6.45, 7) is 0. The maximum atomic E-state index is 12.9. The number of rotatable bonds is 3. The minimum Gasteiger partial charge on any atom is -0.325 e. The Balaban J connectivity index is 2.03. The van der Waals surface area contributed by atoms with Crippen LogP contribution < -0.4 is 5.32 Å². The molecule has 0 atom stereocenters. The smallest absolute Gasteiger partial charge is 0.228 e. The van der Waals surface area contributed by atoms with Crippen LogP contribution in [0.5, 0.6) is 0 Å². The lowest BCUT2D eigenvalue weighted by molar-refractivity contribution is -0.115. The van der Waals surface area contributed by atoms with Crippen LogP contribution in [0, 0.1) is 9.39 Å². The van der Waals surface area contributed by atoms with Gasteiger partial charge >= 0.3 is 0 Å². The Bertz CT molecular complexity index is 560. The number of anilines is 1. The van der Waals surface area contributed by atoms with E-state index < -0.39 is 0 Å². The summed E-state index contributed by atoms with van der Waals surface area (Å²) in [5.74, 6) is -0.461. The number of nitrogens with one attached hydrogen (secondary N) is 1. The van der Waals surface area contributed by atoms with Crippen molar-refractivity contribution < 1.29 is 9.18 Å². The number of aromatic nitrogens is 1. The Kier molecular flexibility index (Phi) is 4.24. The van der Waals surface area contributed by atoms with E-state index in [4.69, 9.17) is 0 Å². The number of pyridine rings is 1. The second kappa shape index (κ2) is 5.90. The van der Waals surface area contributed by atoms with E-state index in [0.717, 1.165) is 5.56 Å². The van der Waals surface area contributed by atoms with Crippen LogP contribution >= 0.6 is 22.6 Å². The number of carbonyl (C=O) groups is 1. The first kappa shape index (κ1) is 12.9. The Labute approximate surface area is 118 Å². The quantitative estimate of drug-likeness (QED) is 0.860. The largest absolute Gasteiger partial charge is 0.325 e. The van der Waals surface area contributed by atoms with Gasteiger partial charge in [-0.3, -0.25) is 9.78 Å². The van der Waals surface area contributed by atoms with Gasteiger partial charge in [0.1, 0.15) is 5.82 Å². The monoisotopic (exact) mass is 356 g/mol. The van der Waals surface area contributed by atoms with Gasteiger partial charge in [-0.2, -0.15) is 0 Å². The Morgan fingerprint density at radius 3 is 2.89 bits per heavy atom. The third kappa shape index (κ3) is 3.49. The van der Waals surface area contributed by atoms with Crippen LogP contribution in [0.25, 0.3) is 0 Å². The van der Waals surface area contributed by atoms with E-state index in [-0.39, 0.29) is 18.1 Å². The summed E-state index contributed by atoms with van der Waals surface area (Å²) in [7, 11) is 0. The van der Waals surface area contributed by atoms with E-state index in [1.165, 1.54) is 12.1 Å². The molecule has 0 aliphatic carbocycles. The zero-order valence-corrected chi connectivity index (χ0v) is 11.5. The topological polar surface area (TPSA) is 42.0 Å². The molecule has 0 fully saturated rings. The molecule has 92 valence electrons. The minimum absolute atomic E-state index is 0.146. The van der Waals surface area contributed by atoms with Crippen LogP contribution in [0.1, 0.15) is 5.56 Å². The van der Waals surface area contributed by atoms with Crippen molar-refractivity contribution in [1.29, 1.82) is 0 Å². The number of amides is 1. The van der Waals surface area contributed by atoms with E-state index in [1.54, 1.807) is 24.5 Å². The molecule has 2 aromatic rings. The molecule has 1 heterocycles. The zero-order valence-electron chi connectivity index (χ0n) is 9.36. The van der Waals surface area contributed by atoms with Crippen LogP contribution in [-0.2, 0) is 11.2 Å². The molecular weight excluding hydrogens is 346 g/mol. The third-order valence-corrected chi connectivity index (χ3v) is 3.19. The number of hydrogen-bond donors (Lipinski definition) is 1. The first-order valence-corrected chi connectivity index (χ1v) is 6.37. The highest BCUT2D eigenvalue weighted by atomic mass is 127. The van der Waals surface area contributed by atoms with Crippen molar-refractivity contribution in [3.8, 4) is 0 Å². The summed E-state index contributed by atoms with van der Waals surface area (Å²) >= 11 is 1.98. The molecule has 0 aliphatic rings. The van der Waals surface area contributed by atoms with Crippen molar-refractivity contribution in [2.24, 2.45) is 0 Å². The molecule has 18 heavy (non-hydrogen) atoms. The van der Waals surface area contributed by atoms with Gasteiger partial charge in [0, 0.05) is 16.0 Å². The van der Waals surface area contributed by atoms with Crippen molar-refractivity contribution in [2.75, 3.05) is 5.32 Å². The predicted molar refractivity (Wildman–Crippen MR) is 75.7 cm³/mol. The molecule has 0 bridgehead atoms. The summed E-state index contributed by atoms with van der Waals surface area (Å²) in [6, 6.07) is 7.87. The summed E-state index contributed by atoms with van der Waals surface area (Å²) < 4.78 is 13.6. The fourth-order valence-corrected chi connectivity index (χ4v) is 2.09. The Morgan fingerprint density at radius 1 is 1.39 bits per heavy atom. The molecule has 1 aromatic carbocycles. The number of nitrogens with zero attached hydrogens (tertiary/aromatic N) is 1. The molecular formula is C13H10FIN2O. The highest BCUT2D eigenvalue weighted by molar-refractivity contribution is 14.1. The molecule has 0 aliphatic heterocycles. The molecule has 2 rings (SSSR count). The van der Waals surface area contributed by atoms with Gasteiger partial charge < -0.3 is 5.32 Å². The molecule has 0 radical (unpaired) electrons. The van der Waals surface area contributed by atoms with E-state index in [2.05, 4.69) is 10.3 Å². The van der Waals surface area contributed by atoms with Crippen molar-refractivity contribution in [3.63, 3.8) is 0 Å². The minimum atomic E-state index is -0.315. The lowest BCUT2D eigenvalue weighted by atomic mass is 10.2. The SMILES string of the molecule is O=C(Cc1cccnc1)Nc1ccc(F)cc1I. The molecule has 3 nitrogen and oxygen atoms in total. The fraction of sp³-hybridized carbons (Fsp3) is 0.0769. The number of benzene rings is 1. The normalized spacial score (nSPS) is 10.1. The van der Waals surface area contributed by atoms with Crippen LogP contribution in [0.2, 0.25) is 0 Å². The zero-order chi connectivity index (χ0) is 13.0. The first-order chi connectivity index (χ1) is 8.65. The number of hydrogen-bond acceptors (Lipinski definition) is 2. The highest BCUT2D eigenvalue weighted by Gasteiger charge is 2.07. The van der Waals surface area contributed by atoms with Gasteiger partial charge in [-0.05, 0) is 52.4 Å². The molecule has 0 saturated heterocycles. The number of carbonyl (C=O) groups excluding carboxylic acids is 1. The predicted octanol–water partition coefficient (Wildman–Crippen LogP) is 3.01. The third-order valence-electron chi connectivity index (χ3n) is 2.29. The molecule has 5 heteroatoms. The van der Waals surface area contributed by atoms with Crippen LogP contribution in [0.15, 0.2) is 42.7 Å². The van der Waals surface area contributed by atoms with Gasteiger partial charge in [0.15, 0.2) is 0 Å². The summed E-state index contributed by atoms with van der Waals surface area (Å²) in [4.78, 5) is 15.7. The first-order valence-electron chi connectivity index (χ1n) is 5.29. The average Bonchev–Trinajstić information content (AvgIpc) is 2.34. The number of halogens is 2. The van der Waals surface area contributed by atoms with Crippen molar-refractivity contribution >= 4 is 34.2 Å². The van der Waals surface area contributed by atoms with Gasteiger partial charge in [0.25, 0.3) is 0 Å². The van der Waals surface area contributed by atoms with Crippen LogP contribution in [0.4, 0.5) is 10.1 Å². The molecule has 0 spiro atoms. The van der Waals surface area contributed by atoms with Gasteiger partial charge in [-0.15, -0.1) is 0 Å². The Morgan fingerprint density at radius 2 is 2.22 bits per heavy atom. The molecule has 1 amide bonds. The van der Waals surface area contributed by atoms with Crippen molar-refractivity contribution in [3.05, 3.63) is 57.7 Å². The summed E-state index contributed by atoms with van der Waals surface area (Å²) in [5.41, 5.74) is 1.46. The maximum Gasteiger partial charge on any atom is 0.228 e. The van der Waals surface area contributed by atoms with Crippen molar-refractivity contribution in [1.82, 2.24) is 4.98 Å². The van der Waals surface area contributed by atoms with E-state index in [1.807, 2.05) is 28.7 Å². The second-order valence-corrected chi connectivity index (χ2v) is 4.87. The standard InChI is InChI=1S/C13H10FIN2O/c14-10-3-4-12(11(15)7-10)17-13(18)6-9-2-1-5-16-8-9/h1-5,7-8H,6H2,(H,17,18). The van der Waals surface area contributed by atoms with E-state index >= 15 is 0 Å². The Hall–Kier alpha value is -1.50. The summed E-state index contributed by atoms with van der Waals surface area (Å²) in [5, 5.41) is 2.75. The molecule has 1 N–H and O–H groups in total. The summed E-state index contributed by atoms with van der Waals surface area (Å²) in [6.07, 6.45) is 3.56. The van der Waals surface area contributed by atoms with Gasteiger partial charge in [0.2, 0.25) is 5.91 Å². The average molecular weight is 356 g/mol. The van der Waals surface area contributed by atoms with Crippen LogP contribution in [-0.4, -0.2) is 10.9 Å². The van der Waals surface area contributed by atoms with E-state index in [0.29, 0.717) is 9.26 Å². The van der Waals surface area contributed by atoms with Gasteiger partial charge in [-0.25, -0.2) is 4.39 Å². The maximum absolute atomic E-state index is 12.9. The van der Waals surface area contributed by atoms with Gasteiger partial charge in [0.05, 0.1) is 12.1 Å². The molecule has 0 unspecified atom stereocenters. The lowest BCUT2D eigenvalue weighted by Gasteiger charge is -2.07. The van der Waals surface area contributed by atoms with Crippen molar-refractivity contribution in [2.45, 2.75) is 6.42 Å². The fourth-order valence-electron chi connectivity index (χ4n) is 1.47. The second-order valence-electron chi connectivity index (χ2n) is 3.71. The van der Waals surface area contributed by atoms with Gasteiger partial charge in [-0.1, -0.05) is 6.07 Å². The molecule has 0 saturated carbocycles. The molecule has 1 aromatic heterocycles. The van der Waals surface area contributed by atoms with Crippen LogP contribution in [0.3, 0.4) is 0 Å².